The molecule has 15 heavy (non-hydrogen) atoms. The van der Waals surface area contributed by atoms with Gasteiger partial charge in [-0.1, -0.05) is 6.42 Å². The van der Waals surface area contributed by atoms with Gasteiger partial charge >= 0.3 is 0 Å². The summed E-state index contributed by atoms with van der Waals surface area (Å²) in [7, 11) is 0. The van der Waals surface area contributed by atoms with Crippen molar-refractivity contribution in [2.45, 2.75) is 50.6 Å². The molecule has 3 heteroatoms. The van der Waals surface area contributed by atoms with Crippen LogP contribution in [0.25, 0.3) is 0 Å². The summed E-state index contributed by atoms with van der Waals surface area (Å²) in [5, 5.41) is 9.08. The van der Waals surface area contributed by atoms with Crippen LogP contribution < -0.4 is 0 Å². The highest BCUT2D eigenvalue weighted by Crippen LogP contribution is 2.26. The van der Waals surface area contributed by atoms with Crippen molar-refractivity contribution in [2.24, 2.45) is 0 Å². The van der Waals surface area contributed by atoms with E-state index < -0.39 is 0 Å². The normalized spacial score (nSPS) is 30.6. The van der Waals surface area contributed by atoms with E-state index in [1.54, 1.807) is 0 Å². The molecule has 1 atom stereocenters. The Morgan fingerprint density at radius 1 is 1.13 bits per heavy atom. The van der Waals surface area contributed by atoms with Gasteiger partial charge in [0.2, 0.25) is 0 Å². The third kappa shape index (κ3) is 2.92. The average molecular weight is 213 g/mol. The number of nitrogens with zero attached hydrogens (tertiary/aromatic N) is 1. The van der Waals surface area contributed by atoms with Gasteiger partial charge in [-0.2, -0.15) is 0 Å². The molecule has 88 valence electrons. The molecule has 0 aromatic heterocycles. The van der Waals surface area contributed by atoms with Gasteiger partial charge < -0.3 is 9.84 Å². The maximum Gasteiger partial charge on any atom is 0.0480 e. The van der Waals surface area contributed by atoms with Gasteiger partial charge in [-0.3, -0.25) is 4.90 Å². The summed E-state index contributed by atoms with van der Waals surface area (Å²) in [5.41, 5.74) is 0. The van der Waals surface area contributed by atoms with Crippen LogP contribution in [0.2, 0.25) is 0 Å². The van der Waals surface area contributed by atoms with E-state index in [0.29, 0.717) is 12.6 Å². The summed E-state index contributed by atoms with van der Waals surface area (Å²) < 4.78 is 5.41. The van der Waals surface area contributed by atoms with Gasteiger partial charge in [0.25, 0.3) is 0 Å². The average Bonchev–Trinajstić information content (AvgIpc) is 2.31. The lowest BCUT2D eigenvalue weighted by Gasteiger charge is -2.42. The molecule has 0 aromatic carbocycles. The van der Waals surface area contributed by atoms with Crippen molar-refractivity contribution in [1.29, 1.82) is 0 Å². The van der Waals surface area contributed by atoms with Crippen molar-refractivity contribution in [3.63, 3.8) is 0 Å². The molecular formula is C12H23NO2. The minimum atomic E-state index is 0.338. The number of aliphatic hydroxyl groups is 1. The van der Waals surface area contributed by atoms with Gasteiger partial charge in [0.05, 0.1) is 0 Å². The topological polar surface area (TPSA) is 32.7 Å². The molecule has 1 N–H and O–H groups in total. The van der Waals surface area contributed by atoms with Gasteiger partial charge in [-0.25, -0.2) is 0 Å². The third-order valence-corrected chi connectivity index (χ3v) is 3.79. The summed E-state index contributed by atoms with van der Waals surface area (Å²) in [5.74, 6) is 0. The van der Waals surface area contributed by atoms with Gasteiger partial charge in [0.1, 0.15) is 0 Å². The minimum Gasteiger partial charge on any atom is -0.396 e. The standard InChI is InChI=1S/C12H23NO2/c14-8-4-11-3-1-2-7-13(11)12-5-9-15-10-6-12/h11-12,14H,1-10H2. The van der Waals surface area contributed by atoms with Gasteiger partial charge in [0, 0.05) is 31.9 Å². The Morgan fingerprint density at radius 2 is 1.93 bits per heavy atom. The fraction of sp³-hybridized carbons (Fsp3) is 1.00. The summed E-state index contributed by atoms with van der Waals surface area (Å²) >= 11 is 0. The number of likely N-dealkylation sites (tertiary alicyclic amines) is 1. The molecule has 0 saturated carbocycles. The zero-order chi connectivity index (χ0) is 10.5. The van der Waals surface area contributed by atoms with Crippen molar-refractivity contribution in [2.75, 3.05) is 26.4 Å². The molecule has 0 radical (unpaired) electrons. The molecule has 2 aliphatic heterocycles. The fourth-order valence-corrected chi connectivity index (χ4v) is 2.98. The highest BCUT2D eigenvalue weighted by Gasteiger charge is 2.29. The van der Waals surface area contributed by atoms with E-state index in [2.05, 4.69) is 4.90 Å². The van der Waals surface area contributed by atoms with Crippen molar-refractivity contribution >= 4 is 0 Å². The first-order valence-electron chi connectivity index (χ1n) is 6.36. The Labute approximate surface area is 92.4 Å². The lowest BCUT2D eigenvalue weighted by atomic mass is 9.95. The number of hydrogen-bond acceptors (Lipinski definition) is 3. The summed E-state index contributed by atoms with van der Waals surface area (Å²) in [6.45, 7) is 3.42. The van der Waals surface area contributed by atoms with E-state index >= 15 is 0 Å². The van der Waals surface area contributed by atoms with Gasteiger partial charge in [0.15, 0.2) is 0 Å². The van der Waals surface area contributed by atoms with Gasteiger partial charge in [-0.05, 0) is 38.6 Å². The van der Waals surface area contributed by atoms with Crippen LogP contribution in [0.3, 0.4) is 0 Å². The third-order valence-electron chi connectivity index (χ3n) is 3.79. The predicted molar refractivity (Wildman–Crippen MR) is 59.9 cm³/mol. The zero-order valence-corrected chi connectivity index (χ0v) is 9.53. The monoisotopic (exact) mass is 213 g/mol. The van der Waals surface area contributed by atoms with Crippen LogP contribution in [-0.4, -0.2) is 48.5 Å². The van der Waals surface area contributed by atoms with Crippen molar-refractivity contribution in [1.82, 2.24) is 4.90 Å². The van der Waals surface area contributed by atoms with E-state index in [-0.39, 0.29) is 0 Å². The van der Waals surface area contributed by atoms with Crippen molar-refractivity contribution < 1.29 is 9.84 Å². The Hall–Kier alpha value is -0.120. The molecule has 0 amide bonds. The predicted octanol–water partition coefficient (Wildman–Crippen LogP) is 1.40. The number of rotatable bonds is 3. The van der Waals surface area contributed by atoms with Crippen LogP contribution in [0, 0.1) is 0 Å². The summed E-state index contributed by atoms with van der Waals surface area (Å²) in [6.07, 6.45) is 7.27. The largest absolute Gasteiger partial charge is 0.396 e. The Morgan fingerprint density at radius 3 is 2.67 bits per heavy atom. The quantitative estimate of drug-likeness (QED) is 0.769. The molecule has 0 aliphatic carbocycles. The molecule has 2 fully saturated rings. The van der Waals surface area contributed by atoms with E-state index in [9.17, 15) is 0 Å². The van der Waals surface area contributed by atoms with Crippen molar-refractivity contribution in [3.05, 3.63) is 0 Å². The maximum absolute atomic E-state index is 9.08. The molecule has 2 aliphatic rings. The highest BCUT2D eigenvalue weighted by atomic mass is 16.5. The molecule has 0 bridgehead atoms. The first-order valence-corrected chi connectivity index (χ1v) is 6.36. The number of hydrogen-bond donors (Lipinski definition) is 1. The molecule has 2 rings (SSSR count). The molecule has 2 saturated heterocycles. The minimum absolute atomic E-state index is 0.338. The first-order chi connectivity index (χ1) is 7.42. The number of ether oxygens (including phenoxy) is 1. The van der Waals surface area contributed by atoms with Crippen molar-refractivity contribution in [3.8, 4) is 0 Å². The smallest absolute Gasteiger partial charge is 0.0480 e. The Kier molecular flexibility index (Phi) is 4.42. The summed E-state index contributed by atoms with van der Waals surface area (Å²) in [4.78, 5) is 2.64. The second-order valence-electron chi connectivity index (χ2n) is 4.74. The van der Waals surface area contributed by atoms with E-state index in [1.807, 2.05) is 0 Å². The van der Waals surface area contributed by atoms with Crippen LogP contribution in [0.4, 0.5) is 0 Å². The van der Waals surface area contributed by atoms with E-state index in [4.69, 9.17) is 9.84 Å². The SMILES string of the molecule is OCCC1CCCCN1C1CCOCC1. The summed E-state index contributed by atoms with van der Waals surface area (Å²) in [6, 6.07) is 1.35. The molecule has 2 heterocycles. The molecule has 0 spiro atoms. The Balaban J connectivity index is 1.90. The zero-order valence-electron chi connectivity index (χ0n) is 9.53. The Bertz CT molecular complexity index is 168. The first kappa shape index (κ1) is 11.4. The molecular weight excluding hydrogens is 190 g/mol. The van der Waals surface area contributed by atoms with Gasteiger partial charge in [-0.15, -0.1) is 0 Å². The lowest BCUT2D eigenvalue weighted by Crippen LogP contribution is -2.48. The highest BCUT2D eigenvalue weighted by molar-refractivity contribution is 4.84. The van der Waals surface area contributed by atoms with Crippen LogP contribution in [0.15, 0.2) is 0 Å². The molecule has 0 aromatic rings. The molecule has 1 unspecified atom stereocenters. The van der Waals surface area contributed by atoms with E-state index in [1.165, 1.54) is 38.6 Å². The number of piperidine rings is 1. The second kappa shape index (κ2) is 5.83. The van der Waals surface area contributed by atoms with Crippen LogP contribution in [0.1, 0.15) is 38.5 Å². The second-order valence-corrected chi connectivity index (χ2v) is 4.74. The number of aliphatic hydroxyl groups excluding tert-OH is 1. The molecule has 3 nitrogen and oxygen atoms in total. The lowest BCUT2D eigenvalue weighted by molar-refractivity contribution is -0.000517. The van der Waals surface area contributed by atoms with Crippen LogP contribution in [-0.2, 0) is 4.74 Å². The van der Waals surface area contributed by atoms with E-state index in [0.717, 1.165) is 25.7 Å². The maximum atomic E-state index is 9.08. The van der Waals surface area contributed by atoms with Crippen LogP contribution >= 0.6 is 0 Å². The van der Waals surface area contributed by atoms with Crippen LogP contribution in [0.5, 0.6) is 0 Å². The fourth-order valence-electron chi connectivity index (χ4n) is 2.98.